The van der Waals surface area contributed by atoms with Crippen LogP contribution in [0, 0.1) is 5.41 Å². The molecule has 128 valence electrons. The molecule has 0 bridgehead atoms. The molecular weight excluding hydrogens is 302 g/mol. The molecule has 0 saturated heterocycles. The summed E-state index contributed by atoms with van der Waals surface area (Å²) in [7, 11) is 0. The highest BCUT2D eigenvalue weighted by atomic mass is 16.2. The minimum Gasteiger partial charge on any atom is -0.338 e. The van der Waals surface area contributed by atoms with Crippen molar-refractivity contribution in [1.29, 1.82) is 0 Å². The van der Waals surface area contributed by atoms with Crippen molar-refractivity contribution in [2.24, 2.45) is 5.41 Å². The molecule has 6 heteroatoms. The number of benzene rings is 1. The predicted octanol–water partition coefficient (Wildman–Crippen LogP) is 2.90. The number of aromatic nitrogens is 3. The zero-order chi connectivity index (χ0) is 16.8. The molecular formula is C18H25N5O. The van der Waals surface area contributed by atoms with Gasteiger partial charge in [-0.15, -0.1) is 0 Å². The molecule has 0 unspecified atom stereocenters. The van der Waals surface area contributed by atoms with Crippen molar-refractivity contribution < 1.29 is 4.79 Å². The second-order valence-electron chi connectivity index (χ2n) is 6.61. The maximum absolute atomic E-state index is 12.4. The number of nitrogens with one attached hydrogen (secondary N) is 2. The lowest BCUT2D eigenvalue weighted by molar-refractivity contribution is 0.125. The summed E-state index contributed by atoms with van der Waals surface area (Å²) in [5, 5.41) is 10.3. The Labute approximate surface area is 142 Å². The Balaban J connectivity index is 1.61. The summed E-state index contributed by atoms with van der Waals surface area (Å²) in [5.74, 6) is 0. The van der Waals surface area contributed by atoms with E-state index in [4.69, 9.17) is 0 Å². The Hall–Kier alpha value is -2.37. The van der Waals surface area contributed by atoms with E-state index in [1.54, 1.807) is 11.0 Å². The summed E-state index contributed by atoms with van der Waals surface area (Å²) in [5.41, 5.74) is 1.36. The first-order valence-electron chi connectivity index (χ1n) is 8.62. The number of carbonyl (C=O) groups excluding carboxylic acids is 1. The van der Waals surface area contributed by atoms with Crippen molar-refractivity contribution in [2.75, 3.05) is 6.54 Å². The topological polar surface area (TPSA) is 71.8 Å². The van der Waals surface area contributed by atoms with Crippen LogP contribution in [0.25, 0.3) is 0 Å². The van der Waals surface area contributed by atoms with E-state index in [0.717, 1.165) is 18.5 Å². The molecule has 0 spiro atoms. The molecule has 2 amide bonds. The molecule has 0 aliphatic heterocycles. The quantitative estimate of drug-likeness (QED) is 0.821. The Bertz CT molecular complexity index is 631. The molecule has 3 rings (SSSR count). The van der Waals surface area contributed by atoms with Gasteiger partial charge in [0, 0.05) is 6.54 Å². The number of rotatable bonds is 7. The summed E-state index contributed by atoms with van der Waals surface area (Å²) in [6, 6.07) is 9.68. The largest absolute Gasteiger partial charge is 0.338 e. The van der Waals surface area contributed by atoms with E-state index in [-0.39, 0.29) is 12.1 Å². The fourth-order valence-corrected chi connectivity index (χ4v) is 3.24. The molecule has 24 heavy (non-hydrogen) atoms. The number of carbonyl (C=O) groups is 1. The van der Waals surface area contributed by atoms with Gasteiger partial charge in [0.15, 0.2) is 0 Å². The van der Waals surface area contributed by atoms with E-state index in [2.05, 4.69) is 27.6 Å². The van der Waals surface area contributed by atoms with Crippen LogP contribution in [0.2, 0.25) is 0 Å². The second-order valence-corrected chi connectivity index (χ2v) is 6.61. The highest BCUT2D eigenvalue weighted by Gasteiger charge is 2.35. The highest BCUT2D eigenvalue weighted by Crippen LogP contribution is 2.42. The third kappa shape index (κ3) is 3.93. The maximum atomic E-state index is 12.4. The van der Waals surface area contributed by atoms with Crippen molar-refractivity contribution >= 4 is 6.03 Å². The average Bonchev–Trinajstić information content (AvgIpc) is 3.07. The van der Waals surface area contributed by atoms with Crippen LogP contribution in [0.15, 0.2) is 43.0 Å². The molecule has 1 aromatic carbocycles. The third-order valence-electron chi connectivity index (χ3n) is 5.13. The van der Waals surface area contributed by atoms with E-state index in [9.17, 15) is 4.79 Å². The van der Waals surface area contributed by atoms with Gasteiger partial charge >= 0.3 is 6.03 Å². The van der Waals surface area contributed by atoms with Gasteiger partial charge in [0.1, 0.15) is 12.7 Å². The van der Waals surface area contributed by atoms with Gasteiger partial charge in [-0.3, -0.25) is 4.68 Å². The number of amides is 2. The highest BCUT2D eigenvalue weighted by molar-refractivity contribution is 5.74. The van der Waals surface area contributed by atoms with Crippen LogP contribution >= 0.6 is 0 Å². The molecule has 1 aliphatic carbocycles. The number of urea groups is 1. The maximum Gasteiger partial charge on any atom is 0.315 e. The molecule has 1 fully saturated rings. The van der Waals surface area contributed by atoms with Crippen LogP contribution in [0.1, 0.15) is 44.2 Å². The van der Waals surface area contributed by atoms with Gasteiger partial charge in [-0.05, 0) is 30.2 Å². The van der Waals surface area contributed by atoms with E-state index in [0.29, 0.717) is 12.0 Å². The van der Waals surface area contributed by atoms with E-state index >= 15 is 0 Å². The smallest absolute Gasteiger partial charge is 0.315 e. The first-order valence-corrected chi connectivity index (χ1v) is 8.62. The SMILES string of the molecule is CCC1(CNC(=O)N[C@H](Cn2cncn2)c2ccccc2)CCC1. The van der Waals surface area contributed by atoms with Crippen LogP contribution in [0.4, 0.5) is 4.79 Å². The molecule has 2 aromatic rings. The van der Waals surface area contributed by atoms with Crippen LogP contribution in [0.5, 0.6) is 0 Å². The molecule has 2 N–H and O–H groups in total. The molecule has 1 aliphatic rings. The summed E-state index contributed by atoms with van der Waals surface area (Å²) in [4.78, 5) is 16.4. The Morgan fingerprint density at radius 1 is 1.33 bits per heavy atom. The Kier molecular flexibility index (Phi) is 5.13. The van der Waals surface area contributed by atoms with Crippen LogP contribution in [-0.2, 0) is 6.54 Å². The van der Waals surface area contributed by atoms with Gasteiger partial charge in [0.2, 0.25) is 0 Å². The normalized spacial score (nSPS) is 16.9. The van der Waals surface area contributed by atoms with Crippen molar-refractivity contribution in [3.63, 3.8) is 0 Å². The molecule has 0 radical (unpaired) electrons. The molecule has 1 heterocycles. The predicted molar refractivity (Wildman–Crippen MR) is 92.3 cm³/mol. The fourth-order valence-electron chi connectivity index (χ4n) is 3.24. The third-order valence-corrected chi connectivity index (χ3v) is 5.13. The Morgan fingerprint density at radius 2 is 2.12 bits per heavy atom. The average molecular weight is 327 g/mol. The minimum absolute atomic E-state index is 0.122. The van der Waals surface area contributed by atoms with E-state index in [1.165, 1.54) is 25.6 Å². The summed E-state index contributed by atoms with van der Waals surface area (Å²) in [6.45, 7) is 3.51. The fraction of sp³-hybridized carbons (Fsp3) is 0.500. The minimum atomic E-state index is -0.146. The number of nitrogens with zero attached hydrogens (tertiary/aromatic N) is 3. The Morgan fingerprint density at radius 3 is 2.71 bits per heavy atom. The van der Waals surface area contributed by atoms with Crippen molar-refractivity contribution in [3.8, 4) is 0 Å². The lowest BCUT2D eigenvalue weighted by Gasteiger charge is -2.41. The van der Waals surface area contributed by atoms with Crippen LogP contribution in [-0.4, -0.2) is 27.3 Å². The van der Waals surface area contributed by atoms with E-state index in [1.807, 2.05) is 30.3 Å². The zero-order valence-corrected chi connectivity index (χ0v) is 14.1. The summed E-state index contributed by atoms with van der Waals surface area (Å²) < 4.78 is 1.73. The van der Waals surface area contributed by atoms with Gasteiger partial charge in [-0.1, -0.05) is 43.7 Å². The van der Waals surface area contributed by atoms with Gasteiger partial charge in [-0.2, -0.15) is 5.10 Å². The lowest BCUT2D eigenvalue weighted by Crippen LogP contribution is -2.46. The molecule has 1 atom stereocenters. The van der Waals surface area contributed by atoms with Gasteiger partial charge < -0.3 is 10.6 Å². The van der Waals surface area contributed by atoms with Crippen molar-refractivity contribution in [1.82, 2.24) is 25.4 Å². The van der Waals surface area contributed by atoms with Gasteiger partial charge in [0.25, 0.3) is 0 Å². The molecule has 1 aromatic heterocycles. The lowest BCUT2D eigenvalue weighted by atomic mass is 9.67. The van der Waals surface area contributed by atoms with Crippen molar-refractivity contribution in [2.45, 2.75) is 45.2 Å². The van der Waals surface area contributed by atoms with Gasteiger partial charge in [0.05, 0.1) is 12.6 Å². The van der Waals surface area contributed by atoms with Gasteiger partial charge in [-0.25, -0.2) is 9.78 Å². The molecule has 6 nitrogen and oxygen atoms in total. The number of hydrogen-bond acceptors (Lipinski definition) is 3. The zero-order valence-electron chi connectivity index (χ0n) is 14.1. The molecule has 1 saturated carbocycles. The van der Waals surface area contributed by atoms with Crippen molar-refractivity contribution in [3.05, 3.63) is 48.5 Å². The summed E-state index contributed by atoms with van der Waals surface area (Å²) in [6.07, 6.45) is 7.99. The standard InChI is InChI=1S/C18H25N5O/c1-2-18(9-6-10-18)12-20-17(24)22-16(11-23-14-19-13-21-23)15-7-4-3-5-8-15/h3-5,7-8,13-14,16H,2,6,9-12H2,1H3,(H2,20,22,24)/t16-/m1/s1. The number of hydrogen-bond donors (Lipinski definition) is 2. The summed E-state index contributed by atoms with van der Waals surface area (Å²) >= 11 is 0. The second kappa shape index (κ2) is 7.47. The first kappa shape index (κ1) is 16.5. The van der Waals surface area contributed by atoms with Crippen LogP contribution in [0.3, 0.4) is 0 Å². The monoisotopic (exact) mass is 327 g/mol. The van der Waals surface area contributed by atoms with E-state index < -0.39 is 0 Å². The van der Waals surface area contributed by atoms with Crippen LogP contribution < -0.4 is 10.6 Å². The first-order chi connectivity index (χ1) is 11.7.